The number of pyridine rings is 1. The first kappa shape index (κ1) is 11.9. The Morgan fingerprint density at radius 2 is 1.68 bits per heavy atom. The number of nitrogens with two attached hydrogens (primary N) is 1. The molecule has 94 valence electrons. The Morgan fingerprint density at radius 3 is 2.53 bits per heavy atom. The van der Waals surface area contributed by atoms with E-state index in [1.807, 2.05) is 36.5 Å². The van der Waals surface area contributed by atoms with Crippen molar-refractivity contribution in [1.82, 2.24) is 4.98 Å². The first-order chi connectivity index (χ1) is 9.27. The summed E-state index contributed by atoms with van der Waals surface area (Å²) in [4.78, 5) is 4.38. The summed E-state index contributed by atoms with van der Waals surface area (Å²) in [7, 11) is 0. The summed E-state index contributed by atoms with van der Waals surface area (Å²) in [5.74, 6) is 0. The zero-order valence-electron chi connectivity index (χ0n) is 10.9. The largest absolute Gasteiger partial charge is 0.320 e. The molecule has 0 bridgehead atoms. The standard InChI is InChI=1S/C17H16N2/c1-12-6-2-3-7-13(12)17(18)15-8-4-10-16-14(15)9-5-11-19-16/h2-11,17H,18H2,1H3. The van der Waals surface area contributed by atoms with Crippen LogP contribution in [0, 0.1) is 6.92 Å². The van der Waals surface area contributed by atoms with Crippen LogP contribution in [0.4, 0.5) is 0 Å². The second-order valence-electron chi connectivity index (χ2n) is 4.75. The molecule has 2 aromatic carbocycles. The number of nitrogens with zero attached hydrogens (tertiary/aromatic N) is 1. The maximum atomic E-state index is 6.46. The van der Waals surface area contributed by atoms with E-state index in [0.717, 1.165) is 16.5 Å². The molecule has 0 fully saturated rings. The summed E-state index contributed by atoms with van der Waals surface area (Å²) < 4.78 is 0. The third-order valence-corrected chi connectivity index (χ3v) is 3.54. The first-order valence-electron chi connectivity index (χ1n) is 6.42. The molecule has 0 saturated heterocycles. The van der Waals surface area contributed by atoms with Crippen molar-refractivity contribution in [3.05, 3.63) is 77.5 Å². The van der Waals surface area contributed by atoms with Crippen molar-refractivity contribution >= 4 is 10.9 Å². The lowest BCUT2D eigenvalue weighted by Gasteiger charge is -2.17. The van der Waals surface area contributed by atoms with Crippen LogP contribution in [0.1, 0.15) is 22.7 Å². The highest BCUT2D eigenvalue weighted by Crippen LogP contribution is 2.27. The van der Waals surface area contributed by atoms with E-state index in [2.05, 4.69) is 36.2 Å². The molecule has 3 aromatic rings. The van der Waals surface area contributed by atoms with Crippen LogP contribution in [0.2, 0.25) is 0 Å². The number of rotatable bonds is 2. The molecule has 0 amide bonds. The zero-order chi connectivity index (χ0) is 13.2. The van der Waals surface area contributed by atoms with Gasteiger partial charge in [-0.1, -0.05) is 42.5 Å². The molecule has 0 aliphatic heterocycles. The first-order valence-corrected chi connectivity index (χ1v) is 6.42. The van der Waals surface area contributed by atoms with Gasteiger partial charge in [-0.25, -0.2) is 0 Å². The summed E-state index contributed by atoms with van der Waals surface area (Å²) in [6, 6.07) is 18.3. The van der Waals surface area contributed by atoms with Gasteiger partial charge in [-0.05, 0) is 35.7 Å². The number of fused-ring (bicyclic) bond motifs is 1. The fraction of sp³-hybridized carbons (Fsp3) is 0.118. The Hall–Kier alpha value is -2.19. The fourth-order valence-electron chi connectivity index (χ4n) is 2.50. The van der Waals surface area contributed by atoms with E-state index in [1.165, 1.54) is 11.1 Å². The van der Waals surface area contributed by atoms with E-state index >= 15 is 0 Å². The van der Waals surface area contributed by atoms with Crippen LogP contribution in [0.15, 0.2) is 60.8 Å². The van der Waals surface area contributed by atoms with Crippen molar-refractivity contribution in [3.63, 3.8) is 0 Å². The molecule has 1 heterocycles. The molecule has 1 aromatic heterocycles. The molecular weight excluding hydrogens is 232 g/mol. The maximum Gasteiger partial charge on any atom is 0.0705 e. The van der Waals surface area contributed by atoms with Gasteiger partial charge in [0.25, 0.3) is 0 Å². The second-order valence-corrected chi connectivity index (χ2v) is 4.75. The quantitative estimate of drug-likeness (QED) is 0.752. The fourth-order valence-corrected chi connectivity index (χ4v) is 2.50. The Bertz CT molecular complexity index is 714. The van der Waals surface area contributed by atoms with E-state index in [0.29, 0.717) is 0 Å². The summed E-state index contributed by atoms with van der Waals surface area (Å²) in [6.45, 7) is 2.10. The molecule has 0 aliphatic carbocycles. The van der Waals surface area contributed by atoms with Gasteiger partial charge in [-0.2, -0.15) is 0 Å². The monoisotopic (exact) mass is 248 g/mol. The smallest absolute Gasteiger partial charge is 0.0705 e. The van der Waals surface area contributed by atoms with E-state index in [-0.39, 0.29) is 6.04 Å². The third kappa shape index (κ3) is 2.11. The van der Waals surface area contributed by atoms with Crippen LogP contribution in [-0.4, -0.2) is 4.98 Å². The van der Waals surface area contributed by atoms with Crippen LogP contribution < -0.4 is 5.73 Å². The molecule has 2 nitrogen and oxygen atoms in total. The number of aryl methyl sites for hydroxylation is 1. The van der Waals surface area contributed by atoms with Crippen LogP contribution in [0.25, 0.3) is 10.9 Å². The van der Waals surface area contributed by atoms with Gasteiger partial charge in [-0.3, -0.25) is 4.98 Å². The molecule has 0 saturated carbocycles. The van der Waals surface area contributed by atoms with Gasteiger partial charge in [0.2, 0.25) is 0 Å². The molecule has 2 N–H and O–H groups in total. The molecular formula is C17H16N2. The zero-order valence-corrected chi connectivity index (χ0v) is 10.9. The minimum Gasteiger partial charge on any atom is -0.320 e. The predicted octanol–water partition coefficient (Wildman–Crippen LogP) is 3.59. The second kappa shape index (κ2) is 4.82. The normalized spacial score (nSPS) is 12.5. The highest BCUT2D eigenvalue weighted by atomic mass is 14.7. The molecule has 2 heteroatoms. The molecule has 0 spiro atoms. The highest BCUT2D eigenvalue weighted by molar-refractivity contribution is 5.83. The minimum absolute atomic E-state index is 0.117. The van der Waals surface area contributed by atoms with Crippen LogP contribution in [-0.2, 0) is 0 Å². The van der Waals surface area contributed by atoms with Crippen molar-refractivity contribution in [2.75, 3.05) is 0 Å². The number of benzene rings is 2. The van der Waals surface area contributed by atoms with Crippen molar-refractivity contribution < 1.29 is 0 Å². The molecule has 1 unspecified atom stereocenters. The summed E-state index contributed by atoms with van der Waals surface area (Å²) in [6.07, 6.45) is 1.81. The van der Waals surface area contributed by atoms with E-state index < -0.39 is 0 Å². The lowest BCUT2D eigenvalue weighted by Crippen LogP contribution is -2.13. The number of hydrogen-bond donors (Lipinski definition) is 1. The topological polar surface area (TPSA) is 38.9 Å². The van der Waals surface area contributed by atoms with Gasteiger partial charge >= 0.3 is 0 Å². The van der Waals surface area contributed by atoms with Crippen LogP contribution >= 0.6 is 0 Å². The minimum atomic E-state index is -0.117. The van der Waals surface area contributed by atoms with E-state index in [9.17, 15) is 0 Å². The molecule has 0 radical (unpaired) electrons. The molecule has 3 rings (SSSR count). The van der Waals surface area contributed by atoms with Gasteiger partial charge in [-0.15, -0.1) is 0 Å². The summed E-state index contributed by atoms with van der Waals surface area (Å²) >= 11 is 0. The van der Waals surface area contributed by atoms with Gasteiger partial charge in [0.15, 0.2) is 0 Å². The average molecular weight is 248 g/mol. The Morgan fingerprint density at radius 1 is 0.895 bits per heavy atom. The van der Waals surface area contributed by atoms with Crippen molar-refractivity contribution in [3.8, 4) is 0 Å². The van der Waals surface area contributed by atoms with Gasteiger partial charge in [0.05, 0.1) is 11.6 Å². The predicted molar refractivity (Wildman–Crippen MR) is 79.0 cm³/mol. The molecule has 19 heavy (non-hydrogen) atoms. The van der Waals surface area contributed by atoms with Gasteiger partial charge in [0, 0.05) is 11.6 Å². The Balaban J connectivity index is 2.17. The Kier molecular flexibility index (Phi) is 3.02. The van der Waals surface area contributed by atoms with Crippen molar-refractivity contribution in [2.24, 2.45) is 5.73 Å². The molecule has 1 atom stereocenters. The van der Waals surface area contributed by atoms with Crippen LogP contribution in [0.5, 0.6) is 0 Å². The number of aromatic nitrogens is 1. The molecule has 0 aliphatic rings. The Labute approximate surface area is 112 Å². The van der Waals surface area contributed by atoms with Crippen molar-refractivity contribution in [1.29, 1.82) is 0 Å². The van der Waals surface area contributed by atoms with Crippen molar-refractivity contribution in [2.45, 2.75) is 13.0 Å². The highest BCUT2D eigenvalue weighted by Gasteiger charge is 2.13. The average Bonchev–Trinajstić information content (AvgIpc) is 2.46. The van der Waals surface area contributed by atoms with Crippen LogP contribution in [0.3, 0.4) is 0 Å². The van der Waals surface area contributed by atoms with E-state index in [1.54, 1.807) is 0 Å². The van der Waals surface area contributed by atoms with E-state index in [4.69, 9.17) is 5.73 Å². The summed E-state index contributed by atoms with van der Waals surface area (Å²) in [5, 5.41) is 1.13. The number of hydrogen-bond acceptors (Lipinski definition) is 2. The SMILES string of the molecule is Cc1ccccc1C(N)c1cccc2ncccc12. The maximum absolute atomic E-state index is 6.46. The lowest BCUT2D eigenvalue weighted by molar-refractivity contribution is 0.870. The van der Waals surface area contributed by atoms with Gasteiger partial charge in [0.1, 0.15) is 0 Å². The summed E-state index contributed by atoms with van der Waals surface area (Å²) in [5.41, 5.74) is 11.0. The van der Waals surface area contributed by atoms with Gasteiger partial charge < -0.3 is 5.73 Å². The lowest BCUT2D eigenvalue weighted by atomic mass is 9.93. The third-order valence-electron chi connectivity index (χ3n) is 3.54.